The van der Waals surface area contributed by atoms with Gasteiger partial charge in [-0.05, 0) is 43.1 Å². The van der Waals surface area contributed by atoms with Crippen LogP contribution in [0.15, 0.2) is 16.9 Å². The van der Waals surface area contributed by atoms with E-state index in [-0.39, 0.29) is 12.1 Å². The number of ether oxygens (including phenoxy) is 2. The number of carbonyl (C=O) groups is 1. The Balaban J connectivity index is 1.72. The molecule has 1 amide bonds. The molecule has 0 spiro atoms. The summed E-state index contributed by atoms with van der Waals surface area (Å²) >= 11 is 3.38. The lowest BCUT2D eigenvalue weighted by atomic mass is 10.1. The topological polar surface area (TPSA) is 54.9 Å². The number of halogens is 1. The number of methoxy groups -OCH3 is 1. The van der Waals surface area contributed by atoms with Crippen molar-refractivity contribution in [2.45, 2.75) is 38.8 Å². The lowest BCUT2D eigenvalue weighted by Crippen LogP contribution is -2.42. The van der Waals surface area contributed by atoms with Crippen molar-refractivity contribution in [2.24, 2.45) is 5.92 Å². The number of likely N-dealkylation sites (tertiary alicyclic amines) is 1. The number of carbonyl (C=O) groups excluding carboxylic acids is 1. The third-order valence-corrected chi connectivity index (χ3v) is 5.15. The Labute approximate surface area is 151 Å². The van der Waals surface area contributed by atoms with Gasteiger partial charge in [0, 0.05) is 31.6 Å². The number of anilines is 1. The number of aromatic nitrogens is 1. The lowest BCUT2D eigenvalue weighted by Gasteiger charge is -2.29. The van der Waals surface area contributed by atoms with E-state index in [4.69, 9.17) is 9.47 Å². The highest BCUT2D eigenvalue weighted by Crippen LogP contribution is 2.36. The molecule has 0 aromatic carbocycles. The van der Waals surface area contributed by atoms with E-state index in [2.05, 4.69) is 25.8 Å². The second-order valence-electron chi connectivity index (χ2n) is 7.38. The summed E-state index contributed by atoms with van der Waals surface area (Å²) in [6.45, 7) is 8.21. The van der Waals surface area contributed by atoms with Crippen LogP contribution in [0.5, 0.6) is 5.75 Å². The highest BCUT2D eigenvalue weighted by molar-refractivity contribution is 9.10. The molecule has 2 saturated heterocycles. The molecular formula is C17H24BrN3O3. The number of pyridine rings is 1. The Hall–Kier alpha value is -1.50. The van der Waals surface area contributed by atoms with Gasteiger partial charge in [0.15, 0.2) is 5.75 Å². The molecule has 7 heteroatoms. The second-order valence-corrected chi connectivity index (χ2v) is 8.13. The number of fused-ring (bicyclic) bond motifs is 1. The number of amides is 1. The second kappa shape index (κ2) is 6.43. The van der Waals surface area contributed by atoms with Crippen molar-refractivity contribution < 1.29 is 14.3 Å². The van der Waals surface area contributed by atoms with Crippen LogP contribution in [-0.4, -0.2) is 54.4 Å². The predicted molar refractivity (Wildman–Crippen MR) is 95.5 cm³/mol. The molecule has 1 aromatic heterocycles. The Morgan fingerprint density at radius 3 is 2.79 bits per heavy atom. The monoisotopic (exact) mass is 397 g/mol. The van der Waals surface area contributed by atoms with Crippen LogP contribution in [0, 0.1) is 5.92 Å². The minimum absolute atomic E-state index is 0.203. The molecule has 0 bridgehead atoms. The molecule has 0 radical (unpaired) electrons. The van der Waals surface area contributed by atoms with E-state index in [1.165, 1.54) is 0 Å². The van der Waals surface area contributed by atoms with Crippen LogP contribution in [-0.2, 0) is 4.74 Å². The molecule has 0 unspecified atom stereocenters. The number of rotatable bonds is 2. The Morgan fingerprint density at radius 2 is 2.12 bits per heavy atom. The number of hydrogen-bond acceptors (Lipinski definition) is 5. The first-order valence-electron chi connectivity index (χ1n) is 8.22. The summed E-state index contributed by atoms with van der Waals surface area (Å²) in [4.78, 5) is 20.9. The molecule has 0 aliphatic carbocycles. The third-order valence-electron chi connectivity index (χ3n) is 4.55. The number of hydrogen-bond donors (Lipinski definition) is 0. The van der Waals surface area contributed by atoms with E-state index in [1.807, 2.05) is 37.9 Å². The van der Waals surface area contributed by atoms with Gasteiger partial charge < -0.3 is 19.3 Å². The van der Waals surface area contributed by atoms with Gasteiger partial charge in [-0.3, -0.25) is 0 Å². The van der Waals surface area contributed by atoms with Crippen molar-refractivity contribution >= 4 is 27.7 Å². The molecule has 0 saturated carbocycles. The highest BCUT2D eigenvalue weighted by atomic mass is 79.9. The quantitative estimate of drug-likeness (QED) is 0.716. The van der Waals surface area contributed by atoms with E-state index in [0.717, 1.165) is 31.7 Å². The average Bonchev–Trinajstić information content (AvgIpc) is 3.05. The average molecular weight is 398 g/mol. The van der Waals surface area contributed by atoms with Gasteiger partial charge in [-0.2, -0.15) is 0 Å². The molecule has 132 valence electrons. The molecule has 3 heterocycles. The predicted octanol–water partition coefficient (Wildman–Crippen LogP) is 3.30. The molecule has 24 heavy (non-hydrogen) atoms. The Kier molecular flexibility index (Phi) is 4.64. The summed E-state index contributed by atoms with van der Waals surface area (Å²) in [6, 6.07) is 2.19. The van der Waals surface area contributed by atoms with Crippen LogP contribution in [0.1, 0.15) is 27.2 Å². The summed E-state index contributed by atoms with van der Waals surface area (Å²) in [5.74, 6) is 1.20. The van der Waals surface area contributed by atoms with Crippen molar-refractivity contribution in [3.63, 3.8) is 0 Å². The summed E-state index contributed by atoms with van der Waals surface area (Å²) in [5.41, 5.74) is 0.560. The fraction of sp³-hybridized carbons (Fsp3) is 0.647. The zero-order valence-electron chi connectivity index (χ0n) is 14.6. The molecule has 1 aromatic rings. The summed E-state index contributed by atoms with van der Waals surface area (Å²) in [7, 11) is 1.63. The van der Waals surface area contributed by atoms with Gasteiger partial charge in [0.2, 0.25) is 0 Å². The largest absolute Gasteiger partial charge is 0.494 e. The fourth-order valence-corrected chi connectivity index (χ4v) is 3.83. The van der Waals surface area contributed by atoms with E-state index >= 15 is 0 Å². The zero-order chi connectivity index (χ0) is 17.5. The molecule has 2 fully saturated rings. The van der Waals surface area contributed by atoms with Crippen LogP contribution >= 0.6 is 15.9 Å². The van der Waals surface area contributed by atoms with Crippen LogP contribution in [0.2, 0.25) is 0 Å². The zero-order valence-corrected chi connectivity index (χ0v) is 16.2. The van der Waals surface area contributed by atoms with Gasteiger partial charge >= 0.3 is 6.09 Å². The minimum atomic E-state index is -0.462. The fourth-order valence-electron chi connectivity index (χ4n) is 3.45. The molecule has 2 aliphatic heterocycles. The lowest BCUT2D eigenvalue weighted by molar-refractivity contribution is 0.0229. The van der Waals surface area contributed by atoms with Gasteiger partial charge in [0.1, 0.15) is 10.2 Å². The van der Waals surface area contributed by atoms with Crippen LogP contribution in [0.4, 0.5) is 10.5 Å². The summed E-state index contributed by atoms with van der Waals surface area (Å²) in [5, 5.41) is 0. The number of nitrogens with zero attached hydrogens (tertiary/aromatic N) is 3. The maximum Gasteiger partial charge on any atom is 0.410 e. The SMILES string of the molecule is COc1cc(N2C[C@H]3CCN(C(=O)OC(C)(C)C)[C@H]3C2)cnc1Br. The van der Waals surface area contributed by atoms with Crippen molar-refractivity contribution in [1.29, 1.82) is 0 Å². The third kappa shape index (κ3) is 3.45. The highest BCUT2D eigenvalue weighted by Gasteiger charge is 2.44. The first kappa shape index (κ1) is 17.3. The van der Waals surface area contributed by atoms with Gasteiger partial charge in [-0.15, -0.1) is 0 Å². The van der Waals surface area contributed by atoms with Gasteiger partial charge in [-0.1, -0.05) is 0 Å². The normalized spacial score (nSPS) is 23.4. The van der Waals surface area contributed by atoms with Crippen LogP contribution in [0.3, 0.4) is 0 Å². The summed E-state index contributed by atoms with van der Waals surface area (Å²) in [6.07, 6.45) is 2.65. The maximum absolute atomic E-state index is 12.4. The molecule has 6 nitrogen and oxygen atoms in total. The minimum Gasteiger partial charge on any atom is -0.494 e. The first-order valence-corrected chi connectivity index (χ1v) is 9.02. The Morgan fingerprint density at radius 1 is 1.38 bits per heavy atom. The van der Waals surface area contributed by atoms with Gasteiger partial charge in [0.25, 0.3) is 0 Å². The molecule has 0 N–H and O–H groups in total. The van der Waals surface area contributed by atoms with Crippen molar-refractivity contribution in [3.05, 3.63) is 16.9 Å². The first-order chi connectivity index (χ1) is 11.3. The maximum atomic E-state index is 12.4. The standard InChI is InChI=1S/C17H24BrN3O3/c1-17(2,3)24-16(22)21-6-5-11-9-20(10-13(11)21)12-7-14(23-4)15(18)19-8-12/h7-8,11,13H,5-6,9-10H2,1-4H3/t11-,13+/m1/s1. The smallest absolute Gasteiger partial charge is 0.410 e. The van der Waals surface area contributed by atoms with Crippen molar-refractivity contribution in [2.75, 3.05) is 31.6 Å². The van der Waals surface area contributed by atoms with Crippen LogP contribution < -0.4 is 9.64 Å². The van der Waals surface area contributed by atoms with Crippen molar-refractivity contribution in [3.8, 4) is 5.75 Å². The van der Waals surface area contributed by atoms with Crippen molar-refractivity contribution in [1.82, 2.24) is 9.88 Å². The van der Waals surface area contributed by atoms with Crippen LogP contribution in [0.25, 0.3) is 0 Å². The van der Waals surface area contributed by atoms with E-state index in [0.29, 0.717) is 16.3 Å². The van der Waals surface area contributed by atoms with Gasteiger partial charge in [0.05, 0.1) is 25.0 Å². The Bertz CT molecular complexity index is 632. The molecule has 3 rings (SSSR count). The van der Waals surface area contributed by atoms with E-state index in [9.17, 15) is 4.79 Å². The van der Waals surface area contributed by atoms with E-state index < -0.39 is 5.60 Å². The van der Waals surface area contributed by atoms with E-state index in [1.54, 1.807) is 7.11 Å². The molecular weight excluding hydrogens is 374 g/mol. The molecule has 2 aliphatic rings. The molecule has 2 atom stereocenters. The van der Waals surface area contributed by atoms with Gasteiger partial charge in [-0.25, -0.2) is 9.78 Å². The summed E-state index contributed by atoms with van der Waals surface area (Å²) < 4.78 is 11.6.